The Balaban J connectivity index is 2.85. The van der Waals surface area contributed by atoms with Gasteiger partial charge >= 0.3 is 0 Å². The van der Waals surface area contributed by atoms with E-state index in [1.807, 2.05) is 45.9 Å². The van der Waals surface area contributed by atoms with Crippen molar-refractivity contribution in [3.63, 3.8) is 0 Å². The highest BCUT2D eigenvalue weighted by Crippen LogP contribution is 2.19. The summed E-state index contributed by atoms with van der Waals surface area (Å²) in [7, 11) is 0. The molecule has 0 aliphatic heterocycles. The van der Waals surface area contributed by atoms with Crippen molar-refractivity contribution in [2.75, 3.05) is 0 Å². The molecule has 0 bridgehead atoms. The molecule has 1 unspecified atom stereocenters. The molecule has 4 heteroatoms. The van der Waals surface area contributed by atoms with Crippen LogP contribution in [0.25, 0.3) is 0 Å². The van der Waals surface area contributed by atoms with Crippen molar-refractivity contribution in [2.45, 2.75) is 32.4 Å². The highest BCUT2D eigenvalue weighted by molar-refractivity contribution is 7.91. The van der Waals surface area contributed by atoms with Gasteiger partial charge in [-0.25, -0.2) is 0 Å². The summed E-state index contributed by atoms with van der Waals surface area (Å²) in [5, 5.41) is 0.634. The Morgan fingerprint density at radius 2 is 2.00 bits per heavy atom. The van der Waals surface area contributed by atoms with Gasteiger partial charge in [0.25, 0.3) is 0 Å². The third-order valence-corrected chi connectivity index (χ3v) is 3.64. The van der Waals surface area contributed by atoms with Crippen molar-refractivity contribution in [3.05, 3.63) is 34.3 Å². The van der Waals surface area contributed by atoms with E-state index in [2.05, 4.69) is 4.40 Å². The quantitative estimate of drug-likeness (QED) is 0.590. The number of hydrogen-bond donors (Lipinski definition) is 0. The SMILES string of the molecule is Cc1ccc(/C=N/[S+]([O-])C(C)(C)C)c(Cl)c1. The number of halogens is 1. The van der Waals surface area contributed by atoms with Crippen LogP contribution in [0.3, 0.4) is 0 Å². The fourth-order valence-corrected chi connectivity index (χ4v) is 1.81. The van der Waals surface area contributed by atoms with E-state index in [0.29, 0.717) is 5.02 Å². The smallest absolute Gasteiger partial charge is 0.144 e. The van der Waals surface area contributed by atoms with Gasteiger partial charge in [-0.1, -0.05) is 28.1 Å². The molecule has 16 heavy (non-hydrogen) atoms. The predicted molar refractivity (Wildman–Crippen MR) is 71.7 cm³/mol. The van der Waals surface area contributed by atoms with E-state index in [4.69, 9.17) is 11.6 Å². The van der Waals surface area contributed by atoms with E-state index >= 15 is 0 Å². The first-order valence-corrected chi connectivity index (χ1v) is 6.51. The van der Waals surface area contributed by atoms with Crippen LogP contribution in [0.4, 0.5) is 0 Å². The Bertz CT molecular complexity index is 398. The van der Waals surface area contributed by atoms with Gasteiger partial charge in [0.05, 0.1) is 6.21 Å². The zero-order valence-corrected chi connectivity index (χ0v) is 11.5. The van der Waals surface area contributed by atoms with Gasteiger partial charge in [-0.2, -0.15) is 0 Å². The van der Waals surface area contributed by atoms with Gasteiger partial charge in [0, 0.05) is 10.6 Å². The van der Waals surface area contributed by atoms with Crippen LogP contribution in [-0.4, -0.2) is 15.5 Å². The minimum Gasteiger partial charge on any atom is -0.591 e. The molecule has 0 radical (unpaired) electrons. The zero-order valence-electron chi connectivity index (χ0n) is 9.95. The van der Waals surface area contributed by atoms with Gasteiger partial charge in [-0.05, 0) is 39.3 Å². The van der Waals surface area contributed by atoms with Gasteiger partial charge in [0.2, 0.25) is 0 Å². The van der Waals surface area contributed by atoms with E-state index in [1.54, 1.807) is 6.21 Å². The lowest BCUT2D eigenvalue weighted by Gasteiger charge is -2.17. The number of aryl methyl sites for hydroxylation is 1. The van der Waals surface area contributed by atoms with Gasteiger partial charge < -0.3 is 4.55 Å². The van der Waals surface area contributed by atoms with Gasteiger partial charge in [0.1, 0.15) is 16.1 Å². The second kappa shape index (κ2) is 5.21. The maximum absolute atomic E-state index is 11.7. The molecule has 1 aromatic rings. The monoisotopic (exact) mass is 257 g/mol. The molecular weight excluding hydrogens is 242 g/mol. The lowest BCUT2D eigenvalue weighted by Crippen LogP contribution is -2.25. The summed E-state index contributed by atoms with van der Waals surface area (Å²) in [6.07, 6.45) is 1.57. The molecule has 0 aliphatic rings. The van der Waals surface area contributed by atoms with Gasteiger partial charge in [-0.3, -0.25) is 0 Å². The minimum atomic E-state index is -1.24. The molecule has 0 heterocycles. The summed E-state index contributed by atoms with van der Waals surface area (Å²) < 4.78 is 15.4. The van der Waals surface area contributed by atoms with E-state index in [1.165, 1.54) is 0 Å². The van der Waals surface area contributed by atoms with E-state index in [0.717, 1.165) is 11.1 Å². The topological polar surface area (TPSA) is 35.4 Å². The molecular formula is C12H16ClNOS. The lowest BCUT2D eigenvalue weighted by atomic mass is 10.2. The Labute approximate surface area is 105 Å². The van der Waals surface area contributed by atoms with Crippen LogP contribution in [-0.2, 0) is 11.4 Å². The molecule has 0 spiro atoms. The standard InChI is InChI=1S/C12H16ClNOS/c1-9-5-6-10(11(13)7-9)8-14-16(15)12(2,3)4/h5-8H,1-4H3/b14-8+. The maximum Gasteiger partial charge on any atom is 0.144 e. The minimum absolute atomic E-state index is 0.340. The van der Waals surface area contributed by atoms with Crippen LogP contribution in [0.5, 0.6) is 0 Å². The summed E-state index contributed by atoms with van der Waals surface area (Å²) in [6, 6.07) is 5.69. The van der Waals surface area contributed by atoms with Gasteiger partial charge in [-0.15, -0.1) is 0 Å². The third kappa shape index (κ3) is 3.81. The Morgan fingerprint density at radius 1 is 1.38 bits per heavy atom. The van der Waals surface area contributed by atoms with Crippen molar-refractivity contribution < 1.29 is 4.55 Å². The maximum atomic E-state index is 11.7. The first-order chi connectivity index (χ1) is 7.30. The van der Waals surface area contributed by atoms with Crippen molar-refractivity contribution in [2.24, 2.45) is 4.40 Å². The highest BCUT2D eigenvalue weighted by Gasteiger charge is 2.25. The van der Waals surface area contributed by atoms with E-state index < -0.39 is 11.4 Å². The average Bonchev–Trinajstić information content (AvgIpc) is 2.14. The van der Waals surface area contributed by atoms with Crippen LogP contribution in [0.1, 0.15) is 31.9 Å². The molecule has 0 fully saturated rings. The first-order valence-electron chi connectivity index (χ1n) is 5.03. The van der Waals surface area contributed by atoms with Crippen molar-refractivity contribution in [3.8, 4) is 0 Å². The summed E-state index contributed by atoms with van der Waals surface area (Å²) in [6.45, 7) is 7.63. The number of benzene rings is 1. The Kier molecular flexibility index (Phi) is 4.42. The summed E-state index contributed by atoms with van der Waals surface area (Å²) in [4.78, 5) is 0. The molecule has 88 valence electrons. The molecule has 2 nitrogen and oxygen atoms in total. The van der Waals surface area contributed by atoms with Crippen LogP contribution >= 0.6 is 11.6 Å². The lowest BCUT2D eigenvalue weighted by molar-refractivity contribution is 0.562. The molecule has 1 aromatic carbocycles. The fraction of sp³-hybridized carbons (Fsp3) is 0.417. The van der Waals surface area contributed by atoms with Crippen LogP contribution in [0.2, 0.25) is 5.02 Å². The fourth-order valence-electron chi connectivity index (χ4n) is 1.000. The predicted octanol–water partition coefficient (Wildman–Crippen LogP) is 3.53. The molecule has 0 saturated heterocycles. The van der Waals surface area contributed by atoms with Crippen LogP contribution < -0.4 is 0 Å². The second-order valence-electron chi connectivity index (χ2n) is 4.62. The van der Waals surface area contributed by atoms with E-state index in [9.17, 15) is 4.55 Å². The zero-order chi connectivity index (χ0) is 12.3. The normalized spacial score (nSPS) is 14.4. The first kappa shape index (κ1) is 13.6. The molecule has 0 aliphatic carbocycles. The second-order valence-corrected chi connectivity index (χ2v) is 6.96. The summed E-state index contributed by atoms with van der Waals surface area (Å²) in [5.41, 5.74) is 1.89. The Morgan fingerprint density at radius 3 is 2.50 bits per heavy atom. The average molecular weight is 258 g/mol. The molecule has 0 saturated carbocycles. The largest absolute Gasteiger partial charge is 0.591 e. The van der Waals surface area contributed by atoms with Crippen LogP contribution in [0, 0.1) is 6.92 Å². The van der Waals surface area contributed by atoms with Crippen LogP contribution in [0.15, 0.2) is 22.6 Å². The van der Waals surface area contributed by atoms with Crippen molar-refractivity contribution in [1.29, 1.82) is 0 Å². The Hall–Kier alpha value is -0.510. The molecule has 1 rings (SSSR count). The highest BCUT2D eigenvalue weighted by atomic mass is 35.5. The van der Waals surface area contributed by atoms with Crippen molar-refractivity contribution >= 4 is 29.2 Å². The third-order valence-electron chi connectivity index (χ3n) is 1.97. The molecule has 1 atom stereocenters. The molecule has 0 N–H and O–H groups in total. The van der Waals surface area contributed by atoms with E-state index in [-0.39, 0.29) is 4.75 Å². The summed E-state index contributed by atoms with van der Waals surface area (Å²) >= 11 is 4.80. The molecule has 0 aromatic heterocycles. The van der Waals surface area contributed by atoms with Crippen molar-refractivity contribution in [1.82, 2.24) is 0 Å². The number of rotatable bonds is 2. The summed E-state index contributed by atoms with van der Waals surface area (Å²) in [5.74, 6) is 0. The number of nitrogens with zero attached hydrogens (tertiary/aromatic N) is 1. The van der Waals surface area contributed by atoms with Gasteiger partial charge in [0.15, 0.2) is 0 Å². The number of hydrogen-bond acceptors (Lipinski definition) is 2. The molecule has 0 amide bonds.